The maximum absolute atomic E-state index is 12.4. The van der Waals surface area contributed by atoms with Gasteiger partial charge in [-0.3, -0.25) is 9.59 Å². The smallest absolute Gasteiger partial charge is 0.320 e. The molecule has 26 heavy (non-hydrogen) atoms. The van der Waals surface area contributed by atoms with Gasteiger partial charge in [-0.05, 0) is 56.8 Å². The molecule has 2 heterocycles. The molecule has 0 N–H and O–H groups in total. The Morgan fingerprint density at radius 1 is 0.846 bits per heavy atom. The van der Waals surface area contributed by atoms with E-state index in [2.05, 4.69) is 0 Å². The lowest BCUT2D eigenvalue weighted by Crippen LogP contribution is -2.31. The Hall–Kier alpha value is -1.14. The Morgan fingerprint density at radius 3 is 1.77 bits per heavy atom. The fraction of sp³-hybridized carbons (Fsp3) is 0.900. The quantitative estimate of drug-likeness (QED) is 0.373. The van der Waals surface area contributed by atoms with Crippen molar-refractivity contribution in [2.75, 3.05) is 13.2 Å². The number of hydrogen-bond donors (Lipinski definition) is 0. The zero-order valence-electron chi connectivity index (χ0n) is 15.6. The predicted octanol–water partition coefficient (Wildman–Crippen LogP) is 2.62. The lowest BCUT2D eigenvalue weighted by molar-refractivity contribution is -0.164. The van der Waals surface area contributed by atoms with E-state index in [1.807, 2.05) is 6.92 Å². The summed E-state index contributed by atoms with van der Waals surface area (Å²) in [7, 11) is 0. The first-order chi connectivity index (χ1) is 12.6. The molecule has 0 aromatic heterocycles. The monoisotopic (exact) mass is 366 g/mol. The van der Waals surface area contributed by atoms with Crippen molar-refractivity contribution in [1.82, 2.24) is 0 Å². The molecule has 0 amide bonds. The van der Waals surface area contributed by atoms with Crippen LogP contribution in [0.1, 0.15) is 58.3 Å². The van der Waals surface area contributed by atoms with Crippen molar-refractivity contribution in [3.63, 3.8) is 0 Å². The summed E-state index contributed by atoms with van der Waals surface area (Å²) in [5.74, 6) is -0.929. The molecular weight excluding hydrogens is 336 g/mol. The first-order valence-electron chi connectivity index (χ1n) is 10.3. The van der Waals surface area contributed by atoms with Gasteiger partial charge in [0.25, 0.3) is 0 Å². The van der Waals surface area contributed by atoms with Crippen LogP contribution in [0, 0.1) is 17.8 Å². The molecule has 0 spiro atoms. The fourth-order valence-corrected chi connectivity index (χ4v) is 4.50. The summed E-state index contributed by atoms with van der Waals surface area (Å²) in [5, 5.41) is 0. The van der Waals surface area contributed by atoms with Crippen LogP contribution >= 0.6 is 0 Å². The van der Waals surface area contributed by atoms with Gasteiger partial charge in [0.2, 0.25) is 0 Å². The number of carbonyl (C=O) groups excluding carboxylic acids is 2. The average molecular weight is 366 g/mol. The van der Waals surface area contributed by atoms with Gasteiger partial charge in [-0.25, -0.2) is 0 Å². The van der Waals surface area contributed by atoms with E-state index < -0.39 is 17.9 Å². The standard InChI is InChI=1S/C20H30O6/c1-2-3-14(19(21)23-10-12-4-6-15-17(8-12)25-15)20(22)24-11-13-5-7-16-18(9-13)26-16/h12-18H,2-11H2,1H3. The van der Waals surface area contributed by atoms with Gasteiger partial charge < -0.3 is 18.9 Å². The molecule has 0 aromatic carbocycles. The molecule has 2 saturated heterocycles. The first-order valence-corrected chi connectivity index (χ1v) is 10.3. The molecule has 6 unspecified atom stereocenters. The van der Waals surface area contributed by atoms with Gasteiger partial charge >= 0.3 is 11.9 Å². The van der Waals surface area contributed by atoms with Gasteiger partial charge in [0.15, 0.2) is 5.92 Å². The van der Waals surface area contributed by atoms with Crippen LogP contribution in [-0.4, -0.2) is 49.6 Å². The summed E-state index contributed by atoms with van der Waals surface area (Å²) < 4.78 is 22.0. The van der Waals surface area contributed by atoms with E-state index in [-0.39, 0.29) is 0 Å². The number of carbonyl (C=O) groups is 2. The third kappa shape index (κ3) is 4.39. The minimum Gasteiger partial charge on any atom is -0.465 e. The molecule has 0 radical (unpaired) electrons. The van der Waals surface area contributed by atoms with E-state index in [0.717, 1.165) is 44.9 Å². The van der Waals surface area contributed by atoms with Crippen molar-refractivity contribution in [3.8, 4) is 0 Å². The Kier molecular flexibility index (Phi) is 5.50. The first kappa shape index (κ1) is 18.2. The molecule has 4 fully saturated rings. The number of ether oxygens (including phenoxy) is 4. The fourth-order valence-electron chi connectivity index (χ4n) is 4.50. The molecule has 2 saturated carbocycles. The summed E-state index contributed by atoms with van der Waals surface area (Å²) in [4.78, 5) is 24.9. The number of esters is 2. The second-order valence-corrected chi connectivity index (χ2v) is 8.39. The highest BCUT2D eigenvalue weighted by atomic mass is 16.6. The Labute approximate surface area is 154 Å². The SMILES string of the molecule is CCCC(C(=O)OCC1CCC2OC2C1)C(=O)OCC1CCC2OC2C1. The average Bonchev–Trinajstić information content (AvgIpc) is 3.55. The van der Waals surface area contributed by atoms with E-state index in [1.165, 1.54) is 0 Å². The lowest BCUT2D eigenvalue weighted by atomic mass is 9.90. The minimum atomic E-state index is -0.790. The van der Waals surface area contributed by atoms with Gasteiger partial charge in [-0.2, -0.15) is 0 Å². The molecule has 146 valence electrons. The van der Waals surface area contributed by atoms with E-state index in [0.29, 0.717) is 55.9 Å². The molecule has 4 rings (SSSR count). The van der Waals surface area contributed by atoms with Gasteiger partial charge in [-0.15, -0.1) is 0 Å². The molecular formula is C20H30O6. The largest absolute Gasteiger partial charge is 0.465 e. The van der Waals surface area contributed by atoms with E-state index in [4.69, 9.17) is 18.9 Å². The van der Waals surface area contributed by atoms with E-state index in [9.17, 15) is 9.59 Å². The summed E-state index contributed by atoms with van der Waals surface area (Å²) in [6.45, 7) is 2.74. The van der Waals surface area contributed by atoms with Gasteiger partial charge in [-0.1, -0.05) is 13.3 Å². The zero-order chi connectivity index (χ0) is 18.1. The Bertz CT molecular complexity index is 490. The second kappa shape index (κ2) is 7.85. The van der Waals surface area contributed by atoms with Crippen molar-refractivity contribution >= 4 is 11.9 Å². The highest BCUT2D eigenvalue weighted by Crippen LogP contribution is 2.40. The highest BCUT2D eigenvalue weighted by Gasteiger charge is 2.45. The molecule has 6 heteroatoms. The highest BCUT2D eigenvalue weighted by molar-refractivity contribution is 5.94. The van der Waals surface area contributed by atoms with Gasteiger partial charge in [0.1, 0.15) is 0 Å². The molecule has 6 nitrogen and oxygen atoms in total. The van der Waals surface area contributed by atoms with Crippen molar-refractivity contribution in [1.29, 1.82) is 0 Å². The van der Waals surface area contributed by atoms with Crippen LogP contribution < -0.4 is 0 Å². The van der Waals surface area contributed by atoms with Crippen LogP contribution in [0.15, 0.2) is 0 Å². The van der Waals surface area contributed by atoms with Crippen LogP contribution in [0.3, 0.4) is 0 Å². The summed E-state index contributed by atoms with van der Waals surface area (Å²) in [6.07, 6.45) is 8.96. The predicted molar refractivity (Wildman–Crippen MR) is 92.3 cm³/mol. The molecule has 0 aromatic rings. The molecule has 6 atom stereocenters. The molecule has 4 aliphatic rings. The van der Waals surface area contributed by atoms with Crippen molar-refractivity contribution < 1.29 is 28.5 Å². The van der Waals surface area contributed by atoms with Crippen LogP contribution in [-0.2, 0) is 28.5 Å². The summed E-state index contributed by atoms with van der Waals surface area (Å²) in [6, 6.07) is 0. The topological polar surface area (TPSA) is 77.7 Å². The second-order valence-electron chi connectivity index (χ2n) is 8.39. The third-order valence-electron chi connectivity index (χ3n) is 6.29. The summed E-state index contributed by atoms with van der Waals surface area (Å²) in [5.41, 5.74) is 0. The molecule has 2 aliphatic heterocycles. The minimum absolute atomic E-state index is 0.356. The van der Waals surface area contributed by atoms with Crippen molar-refractivity contribution in [2.24, 2.45) is 17.8 Å². The number of rotatable bonds is 8. The third-order valence-corrected chi connectivity index (χ3v) is 6.29. The van der Waals surface area contributed by atoms with Gasteiger partial charge in [0.05, 0.1) is 37.6 Å². The van der Waals surface area contributed by atoms with Crippen LogP contribution in [0.25, 0.3) is 0 Å². The van der Waals surface area contributed by atoms with Crippen LogP contribution in [0.5, 0.6) is 0 Å². The molecule has 2 aliphatic carbocycles. The zero-order valence-corrected chi connectivity index (χ0v) is 15.6. The Morgan fingerprint density at radius 2 is 1.35 bits per heavy atom. The number of hydrogen-bond acceptors (Lipinski definition) is 6. The number of fused-ring (bicyclic) bond motifs is 2. The van der Waals surface area contributed by atoms with Crippen LogP contribution in [0.2, 0.25) is 0 Å². The van der Waals surface area contributed by atoms with Gasteiger partial charge in [0, 0.05) is 0 Å². The van der Waals surface area contributed by atoms with Crippen molar-refractivity contribution in [2.45, 2.75) is 82.7 Å². The maximum atomic E-state index is 12.4. The van der Waals surface area contributed by atoms with Crippen molar-refractivity contribution in [3.05, 3.63) is 0 Å². The number of epoxide rings is 2. The maximum Gasteiger partial charge on any atom is 0.320 e. The molecule has 0 bridgehead atoms. The normalized spacial score (nSPS) is 38.5. The summed E-state index contributed by atoms with van der Waals surface area (Å²) >= 11 is 0. The van der Waals surface area contributed by atoms with E-state index >= 15 is 0 Å². The Balaban J connectivity index is 1.20. The van der Waals surface area contributed by atoms with Crippen LogP contribution in [0.4, 0.5) is 0 Å². The van der Waals surface area contributed by atoms with E-state index in [1.54, 1.807) is 0 Å². The lowest BCUT2D eigenvalue weighted by Gasteiger charge is -2.22.